The van der Waals surface area contributed by atoms with Crippen LogP contribution < -0.4 is 10.5 Å². The highest BCUT2D eigenvalue weighted by Gasteiger charge is 2.07. The minimum absolute atomic E-state index is 0.110. The first kappa shape index (κ1) is 11.7. The Hall–Kier alpha value is -1.81. The number of hydrogen-bond acceptors (Lipinski definition) is 4. The number of ether oxygens (including phenoxy) is 1. The Morgan fingerprint density at radius 2 is 2.06 bits per heavy atom. The second kappa shape index (κ2) is 4.59. The van der Waals surface area contributed by atoms with E-state index in [0.29, 0.717) is 11.4 Å². The average molecular weight is 250 g/mol. The lowest BCUT2D eigenvalue weighted by Gasteiger charge is -2.09. The number of benzene rings is 1. The molecule has 0 bridgehead atoms. The van der Waals surface area contributed by atoms with Crippen molar-refractivity contribution in [3.05, 3.63) is 40.8 Å². The first-order valence-electron chi connectivity index (χ1n) is 5.09. The van der Waals surface area contributed by atoms with Crippen molar-refractivity contribution >= 4 is 17.3 Å². The Morgan fingerprint density at radius 3 is 2.76 bits per heavy atom. The highest BCUT2D eigenvalue weighted by atomic mass is 35.5. The van der Waals surface area contributed by atoms with Gasteiger partial charge in [-0.2, -0.15) is 4.98 Å². The van der Waals surface area contributed by atoms with Crippen LogP contribution in [0, 0.1) is 13.8 Å². The molecule has 0 unspecified atom stereocenters. The molecule has 0 radical (unpaired) electrons. The fourth-order valence-electron chi connectivity index (χ4n) is 1.45. The van der Waals surface area contributed by atoms with Crippen molar-refractivity contribution < 1.29 is 4.74 Å². The fourth-order valence-corrected chi connectivity index (χ4v) is 1.58. The van der Waals surface area contributed by atoms with E-state index in [4.69, 9.17) is 22.1 Å². The summed E-state index contributed by atoms with van der Waals surface area (Å²) in [5.41, 5.74) is 8.25. The summed E-state index contributed by atoms with van der Waals surface area (Å²) < 4.78 is 5.62. The zero-order valence-corrected chi connectivity index (χ0v) is 10.3. The molecule has 5 heteroatoms. The molecule has 4 nitrogen and oxygen atoms in total. The molecule has 0 fully saturated rings. The number of nitrogens with two attached hydrogens (primary N) is 1. The van der Waals surface area contributed by atoms with E-state index in [2.05, 4.69) is 9.97 Å². The molecule has 17 heavy (non-hydrogen) atoms. The number of halogens is 1. The third-order valence-corrected chi connectivity index (χ3v) is 2.47. The van der Waals surface area contributed by atoms with E-state index < -0.39 is 0 Å². The number of hydrogen-bond donors (Lipinski definition) is 1. The van der Waals surface area contributed by atoms with Crippen molar-refractivity contribution in [1.29, 1.82) is 0 Å². The average Bonchev–Trinajstić information content (AvgIpc) is 2.27. The quantitative estimate of drug-likeness (QED) is 0.831. The van der Waals surface area contributed by atoms with Crippen molar-refractivity contribution in [2.24, 2.45) is 0 Å². The van der Waals surface area contributed by atoms with Gasteiger partial charge in [0.15, 0.2) is 0 Å². The van der Waals surface area contributed by atoms with Crippen molar-refractivity contribution in [2.75, 3.05) is 5.73 Å². The van der Waals surface area contributed by atoms with Gasteiger partial charge in [-0.1, -0.05) is 17.7 Å². The van der Waals surface area contributed by atoms with Crippen molar-refractivity contribution in [3.8, 4) is 11.6 Å². The molecule has 1 aromatic heterocycles. The van der Waals surface area contributed by atoms with Crippen molar-refractivity contribution in [3.63, 3.8) is 0 Å². The van der Waals surface area contributed by atoms with Gasteiger partial charge in [-0.25, -0.2) is 4.98 Å². The normalized spacial score (nSPS) is 10.3. The van der Waals surface area contributed by atoms with Crippen molar-refractivity contribution in [2.45, 2.75) is 13.8 Å². The molecule has 1 heterocycles. The molecule has 1 aromatic carbocycles. The zero-order valence-electron chi connectivity index (χ0n) is 9.57. The number of anilines is 1. The number of rotatable bonds is 2. The van der Waals surface area contributed by atoms with Crippen LogP contribution in [0.1, 0.15) is 11.1 Å². The first-order valence-corrected chi connectivity index (χ1v) is 5.47. The van der Waals surface area contributed by atoms with Crippen molar-refractivity contribution in [1.82, 2.24) is 9.97 Å². The molecular weight excluding hydrogens is 238 g/mol. The van der Waals surface area contributed by atoms with Gasteiger partial charge in [-0.15, -0.1) is 0 Å². The van der Waals surface area contributed by atoms with Crippen LogP contribution in [0.25, 0.3) is 0 Å². The highest BCUT2D eigenvalue weighted by Crippen LogP contribution is 2.28. The van der Waals surface area contributed by atoms with E-state index in [1.165, 1.54) is 11.8 Å². The maximum Gasteiger partial charge on any atom is 0.247 e. The molecule has 2 rings (SSSR count). The molecule has 0 amide bonds. The number of aromatic nitrogens is 2. The van der Waals surface area contributed by atoms with E-state index in [-0.39, 0.29) is 11.2 Å². The fraction of sp³-hybridized carbons (Fsp3) is 0.167. The lowest BCUT2D eigenvalue weighted by atomic mass is 10.1. The molecule has 0 spiro atoms. The highest BCUT2D eigenvalue weighted by molar-refractivity contribution is 6.28. The summed E-state index contributed by atoms with van der Waals surface area (Å²) in [6.07, 6.45) is 1.42. The molecule has 2 N–H and O–H groups in total. The van der Waals surface area contributed by atoms with Gasteiger partial charge < -0.3 is 10.5 Å². The molecule has 0 aliphatic rings. The van der Waals surface area contributed by atoms with E-state index in [9.17, 15) is 0 Å². The Bertz CT molecular complexity index is 557. The van der Waals surface area contributed by atoms with Crippen LogP contribution in [-0.4, -0.2) is 9.97 Å². The van der Waals surface area contributed by atoms with Gasteiger partial charge in [-0.3, -0.25) is 0 Å². The summed E-state index contributed by atoms with van der Waals surface area (Å²) in [5.74, 6) is 0.981. The maximum atomic E-state index is 5.71. The summed E-state index contributed by atoms with van der Waals surface area (Å²) >= 11 is 5.69. The standard InChI is InChI=1S/C12H12ClN3O/c1-7-3-4-10(8(2)5-7)17-11-9(14)6-15-12(13)16-11/h3-6H,14H2,1-2H3. The van der Waals surface area contributed by atoms with Crippen LogP contribution in [0.3, 0.4) is 0 Å². The minimum Gasteiger partial charge on any atom is -0.437 e. The summed E-state index contributed by atoms with van der Waals surface area (Å²) in [7, 11) is 0. The van der Waals surface area contributed by atoms with Crippen LogP contribution in [0.2, 0.25) is 5.28 Å². The Balaban J connectivity index is 2.34. The van der Waals surface area contributed by atoms with Gasteiger partial charge in [0.05, 0.1) is 6.20 Å². The molecule has 2 aromatic rings. The predicted molar refractivity (Wildman–Crippen MR) is 67.4 cm³/mol. The largest absolute Gasteiger partial charge is 0.437 e. The molecule has 0 saturated heterocycles. The lowest BCUT2D eigenvalue weighted by molar-refractivity contribution is 0.461. The topological polar surface area (TPSA) is 61.0 Å². The monoisotopic (exact) mass is 249 g/mol. The zero-order chi connectivity index (χ0) is 12.4. The Morgan fingerprint density at radius 1 is 1.29 bits per heavy atom. The van der Waals surface area contributed by atoms with Crippen LogP contribution in [0.15, 0.2) is 24.4 Å². The van der Waals surface area contributed by atoms with Gasteiger partial charge in [0.2, 0.25) is 11.2 Å². The Kier molecular flexibility index (Phi) is 3.15. The first-order chi connectivity index (χ1) is 8.06. The van der Waals surface area contributed by atoms with E-state index in [0.717, 1.165) is 5.56 Å². The summed E-state index contributed by atoms with van der Waals surface area (Å²) in [6, 6.07) is 5.86. The van der Waals surface area contributed by atoms with Gasteiger partial charge in [0.25, 0.3) is 0 Å². The predicted octanol–water partition coefficient (Wildman–Crippen LogP) is 3.12. The third kappa shape index (κ3) is 2.65. The molecule has 0 aliphatic carbocycles. The van der Waals surface area contributed by atoms with Gasteiger partial charge in [-0.05, 0) is 37.1 Å². The number of nitrogens with zero attached hydrogens (tertiary/aromatic N) is 2. The minimum atomic E-state index is 0.110. The van der Waals surface area contributed by atoms with Crippen LogP contribution in [-0.2, 0) is 0 Å². The summed E-state index contributed by atoms with van der Waals surface area (Å²) in [4.78, 5) is 7.71. The van der Waals surface area contributed by atoms with E-state index >= 15 is 0 Å². The maximum absolute atomic E-state index is 5.71. The molecule has 0 saturated carbocycles. The second-order valence-corrected chi connectivity index (χ2v) is 4.11. The van der Waals surface area contributed by atoms with Crippen LogP contribution in [0.5, 0.6) is 11.6 Å². The second-order valence-electron chi connectivity index (χ2n) is 3.77. The summed E-state index contributed by atoms with van der Waals surface area (Å²) in [5, 5.41) is 0.110. The van der Waals surface area contributed by atoms with E-state index in [1.807, 2.05) is 32.0 Å². The Labute approximate surface area is 104 Å². The van der Waals surface area contributed by atoms with Crippen LogP contribution >= 0.6 is 11.6 Å². The van der Waals surface area contributed by atoms with Gasteiger partial charge in [0, 0.05) is 0 Å². The number of nitrogen functional groups attached to an aromatic ring is 1. The smallest absolute Gasteiger partial charge is 0.247 e. The molecular formula is C12H12ClN3O. The molecule has 0 atom stereocenters. The SMILES string of the molecule is Cc1ccc(Oc2nc(Cl)ncc2N)c(C)c1. The van der Waals surface area contributed by atoms with Gasteiger partial charge in [0.1, 0.15) is 11.4 Å². The third-order valence-electron chi connectivity index (χ3n) is 2.29. The van der Waals surface area contributed by atoms with E-state index in [1.54, 1.807) is 0 Å². The number of aryl methyl sites for hydroxylation is 2. The summed E-state index contributed by atoms with van der Waals surface area (Å²) in [6.45, 7) is 3.98. The van der Waals surface area contributed by atoms with Gasteiger partial charge >= 0.3 is 0 Å². The lowest BCUT2D eigenvalue weighted by Crippen LogP contribution is -1.98. The van der Waals surface area contributed by atoms with Crippen LogP contribution in [0.4, 0.5) is 5.69 Å². The molecule has 0 aliphatic heterocycles. The molecule has 88 valence electrons.